The Kier molecular flexibility index (Phi) is 4.33. The van der Waals surface area contributed by atoms with Gasteiger partial charge in [0.15, 0.2) is 0 Å². The first-order valence-electron chi connectivity index (χ1n) is 9.67. The second-order valence-corrected chi connectivity index (χ2v) is 7.95. The monoisotopic (exact) mass is 338 g/mol. The van der Waals surface area contributed by atoms with Crippen LogP contribution in [0, 0.1) is 12.3 Å². The van der Waals surface area contributed by atoms with Crippen molar-refractivity contribution in [2.45, 2.75) is 50.9 Å². The van der Waals surface area contributed by atoms with E-state index in [2.05, 4.69) is 80.5 Å². The van der Waals surface area contributed by atoms with Crippen LogP contribution in [0.1, 0.15) is 62.1 Å². The van der Waals surface area contributed by atoms with Crippen LogP contribution >= 0.6 is 0 Å². The second-order valence-electron chi connectivity index (χ2n) is 7.95. The number of hydrogen-bond acceptors (Lipinski definition) is 0. The first-order chi connectivity index (χ1) is 12.6. The number of unbranched alkanes of at least 4 members (excludes halogenated alkanes) is 1. The van der Waals surface area contributed by atoms with Gasteiger partial charge in [-0.15, -0.1) is 12.3 Å². The van der Waals surface area contributed by atoms with Crippen molar-refractivity contribution in [3.05, 3.63) is 83.0 Å². The van der Waals surface area contributed by atoms with Gasteiger partial charge in [0.25, 0.3) is 0 Å². The van der Waals surface area contributed by atoms with Gasteiger partial charge in [0, 0.05) is 17.8 Å². The Bertz CT molecular complexity index is 931. The lowest BCUT2D eigenvalue weighted by molar-refractivity contribution is 0.591. The molecule has 0 aromatic heterocycles. The van der Waals surface area contributed by atoms with E-state index in [1.54, 1.807) is 0 Å². The van der Waals surface area contributed by atoms with Crippen LogP contribution in [0.25, 0.3) is 11.1 Å². The molecule has 2 aliphatic carbocycles. The number of benzene rings is 2. The molecule has 1 unspecified atom stereocenters. The minimum Gasteiger partial charge on any atom is -0.120 e. The van der Waals surface area contributed by atoms with Crippen LogP contribution in [-0.4, -0.2) is 0 Å². The minimum atomic E-state index is 0.0429. The van der Waals surface area contributed by atoms with Crippen molar-refractivity contribution >= 4 is 0 Å². The summed E-state index contributed by atoms with van der Waals surface area (Å²) in [5.41, 5.74) is 8.86. The number of allylic oxidation sites excluding steroid dienone is 4. The molecule has 0 radical (unpaired) electrons. The molecule has 0 heteroatoms. The topological polar surface area (TPSA) is 0 Å². The molecule has 0 heterocycles. The summed E-state index contributed by atoms with van der Waals surface area (Å²) >= 11 is 0. The van der Waals surface area contributed by atoms with Crippen molar-refractivity contribution in [3.63, 3.8) is 0 Å². The lowest BCUT2D eigenvalue weighted by atomic mass is 9.72. The normalized spacial score (nSPS) is 17.6. The van der Waals surface area contributed by atoms with Crippen LogP contribution in [0.15, 0.2) is 66.3 Å². The van der Waals surface area contributed by atoms with E-state index in [0.29, 0.717) is 5.92 Å². The van der Waals surface area contributed by atoms with E-state index in [4.69, 9.17) is 6.42 Å². The highest BCUT2D eigenvalue weighted by molar-refractivity contribution is 5.80. The summed E-state index contributed by atoms with van der Waals surface area (Å²) in [6.07, 6.45) is 16.4. The summed E-state index contributed by atoms with van der Waals surface area (Å²) in [6, 6.07) is 15.8. The Morgan fingerprint density at radius 1 is 1.08 bits per heavy atom. The minimum absolute atomic E-state index is 0.0429. The molecule has 1 atom stereocenters. The predicted molar refractivity (Wildman–Crippen MR) is 111 cm³/mol. The first kappa shape index (κ1) is 16.9. The van der Waals surface area contributed by atoms with Gasteiger partial charge in [-0.25, -0.2) is 0 Å². The van der Waals surface area contributed by atoms with Crippen LogP contribution < -0.4 is 0 Å². The molecule has 4 rings (SSSR count). The average Bonchev–Trinajstić information content (AvgIpc) is 3.30. The Morgan fingerprint density at radius 2 is 1.88 bits per heavy atom. The maximum atomic E-state index is 5.52. The van der Waals surface area contributed by atoms with Crippen LogP contribution in [0.3, 0.4) is 0 Å². The molecule has 26 heavy (non-hydrogen) atoms. The van der Waals surface area contributed by atoms with Gasteiger partial charge in [-0.3, -0.25) is 0 Å². The summed E-state index contributed by atoms with van der Waals surface area (Å²) in [5, 5.41) is 0. The molecule has 0 amide bonds. The van der Waals surface area contributed by atoms with Gasteiger partial charge < -0.3 is 0 Å². The fourth-order valence-electron chi connectivity index (χ4n) is 4.71. The van der Waals surface area contributed by atoms with E-state index >= 15 is 0 Å². The summed E-state index contributed by atoms with van der Waals surface area (Å²) in [6.45, 7) is 4.76. The maximum Gasteiger partial charge on any atom is 0.0114 e. The van der Waals surface area contributed by atoms with Gasteiger partial charge in [-0.2, -0.15) is 0 Å². The molecule has 0 N–H and O–H groups in total. The third kappa shape index (κ3) is 2.63. The fourth-order valence-corrected chi connectivity index (χ4v) is 4.71. The van der Waals surface area contributed by atoms with Crippen LogP contribution in [0.5, 0.6) is 0 Å². The van der Waals surface area contributed by atoms with E-state index in [0.717, 1.165) is 25.7 Å². The molecular formula is C26H26. The lowest BCUT2D eigenvalue weighted by Gasteiger charge is -2.31. The van der Waals surface area contributed by atoms with Crippen LogP contribution in [-0.2, 0) is 5.41 Å². The van der Waals surface area contributed by atoms with Crippen molar-refractivity contribution in [3.8, 4) is 23.5 Å². The molecule has 2 aromatic rings. The Labute approximate surface area is 157 Å². The molecule has 0 nitrogen and oxygen atoms in total. The van der Waals surface area contributed by atoms with Crippen LogP contribution in [0.2, 0.25) is 0 Å². The van der Waals surface area contributed by atoms with Crippen molar-refractivity contribution in [2.24, 2.45) is 0 Å². The van der Waals surface area contributed by atoms with Gasteiger partial charge in [-0.05, 0) is 47.1 Å². The Balaban J connectivity index is 1.85. The van der Waals surface area contributed by atoms with Crippen molar-refractivity contribution < 1.29 is 0 Å². The molecule has 0 spiro atoms. The highest BCUT2D eigenvalue weighted by atomic mass is 14.4. The molecule has 0 bridgehead atoms. The molecule has 130 valence electrons. The molecule has 0 saturated heterocycles. The zero-order chi connectivity index (χ0) is 18.1. The van der Waals surface area contributed by atoms with Gasteiger partial charge >= 0.3 is 0 Å². The predicted octanol–water partition coefficient (Wildman–Crippen LogP) is 6.77. The zero-order valence-corrected chi connectivity index (χ0v) is 15.8. The molecular weight excluding hydrogens is 312 g/mol. The zero-order valence-electron chi connectivity index (χ0n) is 15.8. The third-order valence-electron chi connectivity index (χ3n) is 6.14. The van der Waals surface area contributed by atoms with E-state index in [-0.39, 0.29) is 5.41 Å². The van der Waals surface area contributed by atoms with Crippen molar-refractivity contribution in [2.75, 3.05) is 0 Å². The van der Waals surface area contributed by atoms with Crippen molar-refractivity contribution in [1.29, 1.82) is 0 Å². The number of fused-ring (bicyclic) bond motifs is 3. The summed E-state index contributed by atoms with van der Waals surface area (Å²) < 4.78 is 0. The molecule has 0 fully saturated rings. The fraction of sp³-hybridized carbons (Fsp3) is 0.308. The third-order valence-corrected chi connectivity index (χ3v) is 6.14. The first-order valence-corrected chi connectivity index (χ1v) is 9.67. The van der Waals surface area contributed by atoms with Gasteiger partial charge in [0.2, 0.25) is 0 Å². The molecule has 2 aromatic carbocycles. The van der Waals surface area contributed by atoms with E-state index < -0.39 is 0 Å². The highest BCUT2D eigenvalue weighted by Crippen LogP contribution is 2.51. The summed E-state index contributed by atoms with van der Waals surface area (Å²) in [5.74, 6) is 3.27. The lowest BCUT2D eigenvalue weighted by Crippen LogP contribution is -2.22. The average molecular weight is 338 g/mol. The Morgan fingerprint density at radius 3 is 2.65 bits per heavy atom. The molecule has 0 saturated carbocycles. The van der Waals surface area contributed by atoms with Gasteiger partial charge in [-0.1, -0.05) is 80.1 Å². The van der Waals surface area contributed by atoms with E-state index in [9.17, 15) is 0 Å². The largest absolute Gasteiger partial charge is 0.120 e. The van der Waals surface area contributed by atoms with E-state index in [1.807, 2.05) is 0 Å². The summed E-state index contributed by atoms with van der Waals surface area (Å²) in [7, 11) is 0. The quantitative estimate of drug-likeness (QED) is 0.417. The SMILES string of the molecule is C#CCCCC1c2ccccc2-c2cccc(C(C)(C)C3=CC=CC3)c21. The maximum absolute atomic E-state index is 5.52. The number of terminal acetylenes is 1. The number of hydrogen-bond donors (Lipinski definition) is 0. The Hall–Kier alpha value is -2.52. The summed E-state index contributed by atoms with van der Waals surface area (Å²) in [4.78, 5) is 0. The molecule has 0 aliphatic heterocycles. The second kappa shape index (κ2) is 6.65. The van der Waals surface area contributed by atoms with Gasteiger partial charge in [0.1, 0.15) is 0 Å². The smallest absolute Gasteiger partial charge is 0.0114 e. The highest BCUT2D eigenvalue weighted by Gasteiger charge is 2.36. The molecule has 2 aliphatic rings. The standard InChI is InChI=1S/C26H26/c1-4-5-6-16-22-20-14-9-10-15-21(20)23-17-11-18-24(25(22)23)26(2,3)19-12-7-8-13-19/h1,7-12,14-15,17-18,22H,5-6,13,16H2,2-3H3. The number of rotatable bonds is 5. The van der Waals surface area contributed by atoms with Crippen LogP contribution in [0.4, 0.5) is 0 Å². The van der Waals surface area contributed by atoms with Gasteiger partial charge in [0.05, 0.1) is 0 Å². The van der Waals surface area contributed by atoms with Crippen molar-refractivity contribution in [1.82, 2.24) is 0 Å². The van der Waals surface area contributed by atoms with E-state index in [1.165, 1.54) is 33.4 Å².